The van der Waals surface area contributed by atoms with Crippen molar-refractivity contribution in [3.05, 3.63) is 89.9 Å². The van der Waals surface area contributed by atoms with E-state index in [0.717, 1.165) is 48.1 Å². The van der Waals surface area contributed by atoms with Gasteiger partial charge in [-0.1, -0.05) is 36.4 Å². The highest BCUT2D eigenvalue weighted by molar-refractivity contribution is 7.90. The lowest BCUT2D eigenvalue weighted by Gasteiger charge is -2.33. The van der Waals surface area contributed by atoms with Gasteiger partial charge in [0.2, 0.25) is 5.91 Å². The Hall–Kier alpha value is -4.63. The summed E-state index contributed by atoms with van der Waals surface area (Å²) in [4.78, 5) is 27.6. The topological polar surface area (TPSA) is 156 Å². The molecule has 12 heteroatoms. The standard InChI is InChI=1S/C34H40N8O3S/c1-42-23-29(22-40-42)27-13-14-30(37-20-27)32(34(43)39-19-25-7-4-3-5-8-25)26-11-9-24(10-12-26)17-31-38-21-28(18-35)33(41-31)36-15-6-16-46(2,44)45/h3-5,7-8,13-14,20-24,26,32H,6,9-12,15-17,19H2,1-2H3,(H,39,43)(H,36,38,41). The molecule has 2 N–H and O–H groups in total. The van der Waals surface area contributed by atoms with E-state index in [-0.39, 0.29) is 23.5 Å². The third kappa shape index (κ3) is 8.97. The zero-order valence-corrected chi connectivity index (χ0v) is 27.1. The fourth-order valence-corrected chi connectivity index (χ4v) is 6.74. The Bertz CT molecular complexity index is 1760. The van der Waals surface area contributed by atoms with Crippen molar-refractivity contribution in [2.75, 3.05) is 23.9 Å². The average Bonchev–Trinajstić information content (AvgIpc) is 3.49. The van der Waals surface area contributed by atoms with Crippen LogP contribution in [0.2, 0.25) is 0 Å². The third-order valence-electron chi connectivity index (χ3n) is 8.51. The minimum absolute atomic E-state index is 0.0176. The van der Waals surface area contributed by atoms with Crippen LogP contribution >= 0.6 is 0 Å². The molecule has 1 aliphatic rings. The van der Waals surface area contributed by atoms with E-state index in [2.05, 4.69) is 31.8 Å². The molecule has 1 amide bonds. The molecular formula is C34H40N8O3S. The van der Waals surface area contributed by atoms with Crippen molar-refractivity contribution in [3.63, 3.8) is 0 Å². The molecule has 1 unspecified atom stereocenters. The summed E-state index contributed by atoms with van der Waals surface area (Å²) in [5.41, 5.74) is 4.08. The van der Waals surface area contributed by atoms with E-state index in [1.54, 1.807) is 10.9 Å². The first-order valence-electron chi connectivity index (χ1n) is 15.6. The number of nitrogens with zero attached hydrogens (tertiary/aromatic N) is 6. The Morgan fingerprint density at radius 2 is 1.83 bits per heavy atom. The predicted octanol–water partition coefficient (Wildman–Crippen LogP) is 4.44. The maximum absolute atomic E-state index is 13.8. The number of anilines is 1. The number of aromatic nitrogens is 5. The first-order chi connectivity index (χ1) is 22.2. The predicted molar refractivity (Wildman–Crippen MR) is 176 cm³/mol. The third-order valence-corrected chi connectivity index (χ3v) is 9.54. The van der Waals surface area contributed by atoms with Gasteiger partial charge in [-0.2, -0.15) is 10.4 Å². The summed E-state index contributed by atoms with van der Waals surface area (Å²) in [6.07, 6.45) is 13.0. The lowest BCUT2D eigenvalue weighted by atomic mass is 9.73. The molecule has 240 valence electrons. The van der Waals surface area contributed by atoms with E-state index in [0.29, 0.717) is 49.1 Å². The van der Waals surface area contributed by atoms with Crippen LogP contribution in [-0.2, 0) is 34.6 Å². The molecule has 1 saturated carbocycles. The number of sulfone groups is 1. The molecule has 46 heavy (non-hydrogen) atoms. The van der Waals surface area contributed by atoms with Gasteiger partial charge in [-0.25, -0.2) is 18.4 Å². The smallest absolute Gasteiger partial charge is 0.229 e. The molecule has 4 aromatic rings. The van der Waals surface area contributed by atoms with Gasteiger partial charge >= 0.3 is 0 Å². The van der Waals surface area contributed by atoms with E-state index in [1.165, 1.54) is 12.5 Å². The summed E-state index contributed by atoms with van der Waals surface area (Å²) in [5.74, 6) is 1.24. The van der Waals surface area contributed by atoms with Crippen molar-refractivity contribution in [2.24, 2.45) is 18.9 Å². The van der Waals surface area contributed by atoms with Crippen LogP contribution in [0.1, 0.15) is 60.7 Å². The van der Waals surface area contributed by atoms with Gasteiger partial charge in [-0.05, 0) is 55.6 Å². The number of nitriles is 1. The number of benzene rings is 1. The number of nitrogens with one attached hydrogen (secondary N) is 2. The maximum atomic E-state index is 13.8. The van der Waals surface area contributed by atoms with Gasteiger partial charge in [-0.3, -0.25) is 14.5 Å². The van der Waals surface area contributed by atoms with E-state index < -0.39 is 9.84 Å². The molecule has 0 spiro atoms. The van der Waals surface area contributed by atoms with Crippen LogP contribution in [-0.4, -0.2) is 57.6 Å². The number of carbonyl (C=O) groups excluding carboxylic acids is 1. The SMILES string of the molecule is Cn1cc(-c2ccc(C(C(=O)NCc3ccccc3)C3CCC(Cc4ncc(C#N)c(NCCCS(C)(=O)=O)n4)CC3)nc2)cn1. The van der Waals surface area contributed by atoms with Crippen LogP contribution in [0.3, 0.4) is 0 Å². The Kier molecular flexibility index (Phi) is 10.8. The van der Waals surface area contributed by atoms with Crippen LogP contribution in [0.4, 0.5) is 5.82 Å². The quantitative estimate of drug-likeness (QED) is 0.202. The Morgan fingerprint density at radius 1 is 1.04 bits per heavy atom. The van der Waals surface area contributed by atoms with Crippen molar-refractivity contribution in [1.82, 2.24) is 30.0 Å². The molecule has 1 aliphatic carbocycles. The summed E-state index contributed by atoms with van der Waals surface area (Å²) in [7, 11) is -1.18. The van der Waals surface area contributed by atoms with Crippen LogP contribution in [0.25, 0.3) is 11.1 Å². The van der Waals surface area contributed by atoms with Crippen molar-refractivity contribution in [2.45, 2.75) is 51.0 Å². The number of rotatable bonds is 13. The average molecular weight is 641 g/mol. The summed E-state index contributed by atoms with van der Waals surface area (Å²) in [5, 5.41) is 20.0. The molecule has 3 aromatic heterocycles. The highest BCUT2D eigenvalue weighted by Crippen LogP contribution is 2.39. The minimum atomic E-state index is -3.05. The highest BCUT2D eigenvalue weighted by atomic mass is 32.2. The number of amides is 1. The normalized spacial score (nSPS) is 17.2. The molecular weight excluding hydrogens is 600 g/mol. The lowest BCUT2D eigenvalue weighted by molar-refractivity contribution is -0.124. The Labute approximate surface area is 270 Å². The lowest BCUT2D eigenvalue weighted by Crippen LogP contribution is -2.35. The van der Waals surface area contributed by atoms with Gasteiger partial charge in [0.05, 0.1) is 29.8 Å². The zero-order valence-electron chi connectivity index (χ0n) is 26.3. The molecule has 11 nitrogen and oxygen atoms in total. The minimum Gasteiger partial charge on any atom is -0.369 e. The molecule has 0 aliphatic heterocycles. The maximum Gasteiger partial charge on any atom is 0.229 e. The van der Waals surface area contributed by atoms with Crippen LogP contribution in [0.15, 0.2) is 67.3 Å². The fourth-order valence-electron chi connectivity index (χ4n) is 6.07. The van der Waals surface area contributed by atoms with Gasteiger partial charge in [0.15, 0.2) is 0 Å². The van der Waals surface area contributed by atoms with E-state index in [1.807, 2.05) is 61.9 Å². The first-order valence-corrected chi connectivity index (χ1v) is 17.7. The molecule has 3 heterocycles. The van der Waals surface area contributed by atoms with Crippen LogP contribution in [0, 0.1) is 23.2 Å². The van der Waals surface area contributed by atoms with Crippen molar-refractivity contribution < 1.29 is 13.2 Å². The van der Waals surface area contributed by atoms with E-state index in [9.17, 15) is 18.5 Å². The molecule has 1 aromatic carbocycles. The summed E-state index contributed by atoms with van der Waals surface area (Å²) < 4.78 is 24.7. The van der Waals surface area contributed by atoms with Crippen molar-refractivity contribution in [3.8, 4) is 17.2 Å². The molecule has 1 fully saturated rings. The summed E-state index contributed by atoms with van der Waals surface area (Å²) in [6, 6.07) is 16.0. The van der Waals surface area contributed by atoms with Gasteiger partial charge in [0.25, 0.3) is 0 Å². The summed E-state index contributed by atoms with van der Waals surface area (Å²) in [6.45, 7) is 0.855. The van der Waals surface area contributed by atoms with E-state index >= 15 is 0 Å². The number of aryl methyl sites for hydroxylation is 1. The largest absolute Gasteiger partial charge is 0.369 e. The van der Waals surface area contributed by atoms with Gasteiger partial charge in [0, 0.05) is 56.3 Å². The van der Waals surface area contributed by atoms with Crippen LogP contribution in [0.5, 0.6) is 0 Å². The van der Waals surface area contributed by atoms with Gasteiger partial charge in [-0.15, -0.1) is 0 Å². The first kappa shape index (κ1) is 32.8. The molecule has 0 bridgehead atoms. The van der Waals surface area contributed by atoms with Gasteiger partial charge < -0.3 is 10.6 Å². The van der Waals surface area contributed by atoms with Crippen molar-refractivity contribution in [1.29, 1.82) is 5.26 Å². The summed E-state index contributed by atoms with van der Waals surface area (Å²) >= 11 is 0. The number of carbonyl (C=O) groups is 1. The Morgan fingerprint density at radius 3 is 2.48 bits per heavy atom. The highest BCUT2D eigenvalue weighted by Gasteiger charge is 2.34. The second-order valence-electron chi connectivity index (χ2n) is 12.1. The molecule has 5 rings (SSSR count). The zero-order chi connectivity index (χ0) is 32.5. The molecule has 0 radical (unpaired) electrons. The Balaban J connectivity index is 1.25. The second-order valence-corrected chi connectivity index (χ2v) is 14.4. The number of hydrogen-bond donors (Lipinski definition) is 2. The van der Waals surface area contributed by atoms with Crippen molar-refractivity contribution >= 4 is 21.6 Å². The van der Waals surface area contributed by atoms with Crippen LogP contribution < -0.4 is 10.6 Å². The second kappa shape index (κ2) is 15.1. The number of hydrogen-bond acceptors (Lipinski definition) is 9. The van der Waals surface area contributed by atoms with Gasteiger partial charge in [0.1, 0.15) is 33.1 Å². The van der Waals surface area contributed by atoms with E-state index in [4.69, 9.17) is 4.98 Å². The fraction of sp³-hybridized carbons (Fsp3) is 0.412. The monoisotopic (exact) mass is 640 g/mol. The molecule has 1 atom stereocenters. The molecule has 0 saturated heterocycles. The number of pyridine rings is 1.